The number of hydrogen-bond donors (Lipinski definition) is 1. The van der Waals surface area contributed by atoms with Crippen LogP contribution in [-0.2, 0) is 10.0 Å². The van der Waals surface area contributed by atoms with Gasteiger partial charge in [0.2, 0.25) is 10.0 Å². The van der Waals surface area contributed by atoms with Crippen molar-refractivity contribution in [2.24, 2.45) is 0 Å². The molecule has 4 nitrogen and oxygen atoms in total. The summed E-state index contributed by atoms with van der Waals surface area (Å²) in [6.45, 7) is 5.61. The third kappa shape index (κ3) is 3.44. The van der Waals surface area contributed by atoms with Gasteiger partial charge in [0.15, 0.2) is 0 Å². The smallest absolute Gasteiger partial charge is 0.244 e. The lowest BCUT2D eigenvalue weighted by Gasteiger charge is -2.14. The van der Waals surface area contributed by atoms with Crippen LogP contribution in [0.2, 0.25) is 0 Å². The summed E-state index contributed by atoms with van der Waals surface area (Å²) in [6, 6.07) is 5.01. The van der Waals surface area contributed by atoms with E-state index < -0.39 is 10.0 Å². The van der Waals surface area contributed by atoms with Gasteiger partial charge in [0, 0.05) is 6.04 Å². The topological polar surface area (TPSA) is 55.4 Å². The number of aryl methyl sites for hydroxylation is 1. The van der Waals surface area contributed by atoms with E-state index in [4.69, 9.17) is 4.74 Å². The van der Waals surface area contributed by atoms with Gasteiger partial charge in [0.25, 0.3) is 0 Å². The van der Waals surface area contributed by atoms with Crippen molar-refractivity contribution in [2.45, 2.75) is 38.1 Å². The average Bonchev–Trinajstić information content (AvgIpc) is 2.28. The quantitative estimate of drug-likeness (QED) is 0.878. The van der Waals surface area contributed by atoms with Crippen molar-refractivity contribution >= 4 is 10.0 Å². The zero-order valence-electron chi connectivity index (χ0n) is 10.6. The Labute approximate surface area is 103 Å². The molecule has 1 aromatic carbocycles. The summed E-state index contributed by atoms with van der Waals surface area (Å²) in [5.74, 6) is 0.367. The molecule has 1 aromatic rings. The van der Waals surface area contributed by atoms with Crippen molar-refractivity contribution in [3.63, 3.8) is 0 Å². The summed E-state index contributed by atoms with van der Waals surface area (Å²) in [5.41, 5.74) is 0.885. The first-order valence-corrected chi connectivity index (χ1v) is 7.06. The van der Waals surface area contributed by atoms with Crippen molar-refractivity contribution in [3.8, 4) is 5.75 Å². The van der Waals surface area contributed by atoms with Crippen molar-refractivity contribution in [1.29, 1.82) is 0 Å². The molecule has 96 valence electrons. The van der Waals surface area contributed by atoms with E-state index in [1.165, 1.54) is 7.11 Å². The maximum Gasteiger partial charge on any atom is 0.244 e. The summed E-state index contributed by atoms with van der Waals surface area (Å²) < 4.78 is 32.0. The Morgan fingerprint density at radius 3 is 2.59 bits per heavy atom. The van der Waals surface area contributed by atoms with Crippen LogP contribution in [0.25, 0.3) is 0 Å². The van der Waals surface area contributed by atoms with Crippen LogP contribution >= 0.6 is 0 Å². The second-order valence-corrected chi connectivity index (χ2v) is 5.77. The predicted molar refractivity (Wildman–Crippen MR) is 67.8 cm³/mol. The molecule has 0 amide bonds. The van der Waals surface area contributed by atoms with Crippen molar-refractivity contribution in [2.75, 3.05) is 7.11 Å². The number of sulfonamides is 1. The fourth-order valence-corrected chi connectivity index (χ4v) is 2.99. The molecule has 5 heteroatoms. The normalized spacial score (nSPS) is 13.4. The SMILES string of the molecule is CCC(C)NS(=O)(=O)c1cc(C)ccc1OC. The molecule has 0 fully saturated rings. The van der Waals surface area contributed by atoms with E-state index in [1.54, 1.807) is 12.1 Å². The summed E-state index contributed by atoms with van der Waals surface area (Å²) >= 11 is 0. The number of benzene rings is 1. The van der Waals surface area contributed by atoms with E-state index in [2.05, 4.69) is 4.72 Å². The third-order valence-electron chi connectivity index (χ3n) is 2.58. The second-order valence-electron chi connectivity index (χ2n) is 4.08. The molecule has 0 saturated heterocycles. The highest BCUT2D eigenvalue weighted by atomic mass is 32.2. The van der Waals surface area contributed by atoms with Crippen LogP contribution in [0.1, 0.15) is 25.8 Å². The highest BCUT2D eigenvalue weighted by molar-refractivity contribution is 7.89. The first-order valence-electron chi connectivity index (χ1n) is 5.57. The van der Waals surface area contributed by atoms with Crippen molar-refractivity contribution < 1.29 is 13.2 Å². The zero-order chi connectivity index (χ0) is 13.1. The lowest BCUT2D eigenvalue weighted by Crippen LogP contribution is -2.32. The molecule has 1 N–H and O–H groups in total. The molecule has 0 aliphatic carbocycles. The lowest BCUT2D eigenvalue weighted by molar-refractivity contribution is 0.402. The molecule has 0 bridgehead atoms. The number of rotatable bonds is 5. The Bertz CT molecular complexity index is 483. The second kappa shape index (κ2) is 5.51. The largest absolute Gasteiger partial charge is 0.495 e. The average molecular weight is 257 g/mol. The molecule has 0 aliphatic heterocycles. The van der Waals surface area contributed by atoms with Gasteiger partial charge < -0.3 is 4.74 Å². The monoisotopic (exact) mass is 257 g/mol. The summed E-state index contributed by atoms with van der Waals surface area (Å²) in [4.78, 5) is 0.195. The van der Waals surface area contributed by atoms with E-state index in [0.29, 0.717) is 5.75 Å². The van der Waals surface area contributed by atoms with Crippen LogP contribution in [0.5, 0.6) is 5.75 Å². The van der Waals surface area contributed by atoms with Crippen molar-refractivity contribution in [3.05, 3.63) is 23.8 Å². The molecule has 1 unspecified atom stereocenters. The molecule has 0 spiro atoms. The van der Waals surface area contributed by atoms with Gasteiger partial charge in [0.1, 0.15) is 10.6 Å². The summed E-state index contributed by atoms with van der Waals surface area (Å²) in [7, 11) is -2.05. The van der Waals surface area contributed by atoms with Crippen LogP contribution < -0.4 is 9.46 Å². The van der Waals surface area contributed by atoms with Crippen LogP contribution in [0.15, 0.2) is 23.1 Å². The van der Waals surface area contributed by atoms with E-state index in [0.717, 1.165) is 12.0 Å². The standard InChI is InChI=1S/C12H19NO3S/c1-5-10(3)13-17(14,15)12-8-9(2)6-7-11(12)16-4/h6-8,10,13H,5H2,1-4H3. The Morgan fingerprint density at radius 2 is 2.06 bits per heavy atom. The van der Waals surface area contributed by atoms with E-state index in [9.17, 15) is 8.42 Å². The summed E-state index contributed by atoms with van der Waals surface area (Å²) in [5, 5.41) is 0. The number of hydrogen-bond acceptors (Lipinski definition) is 3. The Kier molecular flexibility index (Phi) is 4.54. The lowest BCUT2D eigenvalue weighted by atomic mass is 10.2. The highest BCUT2D eigenvalue weighted by Gasteiger charge is 2.21. The first kappa shape index (κ1) is 14.0. The molecule has 0 aliphatic rings. The molecule has 1 rings (SSSR count). The van der Waals surface area contributed by atoms with Crippen molar-refractivity contribution in [1.82, 2.24) is 4.72 Å². The minimum atomic E-state index is -3.51. The van der Waals surface area contributed by atoms with E-state index in [-0.39, 0.29) is 10.9 Å². The molecule has 0 saturated carbocycles. The fourth-order valence-electron chi connectivity index (χ4n) is 1.41. The van der Waals surface area contributed by atoms with Crippen LogP contribution in [0, 0.1) is 6.92 Å². The fraction of sp³-hybridized carbons (Fsp3) is 0.500. The van der Waals surface area contributed by atoms with Crippen LogP contribution in [-0.4, -0.2) is 21.6 Å². The maximum absolute atomic E-state index is 12.1. The Morgan fingerprint density at radius 1 is 1.41 bits per heavy atom. The van der Waals surface area contributed by atoms with Gasteiger partial charge in [-0.05, 0) is 38.0 Å². The van der Waals surface area contributed by atoms with Gasteiger partial charge >= 0.3 is 0 Å². The Hall–Kier alpha value is -1.07. The number of nitrogens with one attached hydrogen (secondary N) is 1. The third-order valence-corrected chi connectivity index (χ3v) is 4.19. The minimum Gasteiger partial charge on any atom is -0.495 e. The Balaban J connectivity index is 3.18. The summed E-state index contributed by atoms with van der Waals surface area (Å²) in [6.07, 6.45) is 0.743. The van der Waals surface area contributed by atoms with Gasteiger partial charge in [-0.15, -0.1) is 0 Å². The number of methoxy groups -OCH3 is 1. The van der Waals surface area contributed by atoms with Gasteiger partial charge in [0.05, 0.1) is 7.11 Å². The minimum absolute atomic E-state index is 0.0924. The molecule has 1 atom stereocenters. The molecule has 0 heterocycles. The predicted octanol–water partition coefficient (Wildman–Crippen LogP) is 2.08. The molecule has 17 heavy (non-hydrogen) atoms. The van der Waals surface area contributed by atoms with Crippen LogP contribution in [0.3, 0.4) is 0 Å². The van der Waals surface area contributed by atoms with Gasteiger partial charge in [-0.25, -0.2) is 13.1 Å². The zero-order valence-corrected chi connectivity index (χ0v) is 11.5. The molecule has 0 aromatic heterocycles. The molecular formula is C12H19NO3S. The van der Waals surface area contributed by atoms with Gasteiger partial charge in [-0.2, -0.15) is 0 Å². The first-order chi connectivity index (χ1) is 7.90. The van der Waals surface area contributed by atoms with Gasteiger partial charge in [-0.1, -0.05) is 13.0 Å². The van der Waals surface area contributed by atoms with E-state index in [1.807, 2.05) is 26.8 Å². The maximum atomic E-state index is 12.1. The number of ether oxygens (including phenoxy) is 1. The molecule has 0 radical (unpaired) electrons. The van der Waals surface area contributed by atoms with E-state index >= 15 is 0 Å². The van der Waals surface area contributed by atoms with Gasteiger partial charge in [-0.3, -0.25) is 0 Å². The molecular weight excluding hydrogens is 238 g/mol. The van der Waals surface area contributed by atoms with Crippen LogP contribution in [0.4, 0.5) is 0 Å². The highest BCUT2D eigenvalue weighted by Crippen LogP contribution is 2.24.